The Morgan fingerprint density at radius 1 is 0.967 bits per heavy atom. The van der Waals surface area contributed by atoms with Gasteiger partial charge in [-0.25, -0.2) is 0 Å². The number of aryl methyl sites for hydroxylation is 2. The van der Waals surface area contributed by atoms with Crippen LogP contribution in [0.5, 0.6) is 0 Å². The number of hydrogen-bond acceptors (Lipinski definition) is 3. The first kappa shape index (κ1) is 24.0. The summed E-state index contributed by atoms with van der Waals surface area (Å²) in [6.45, 7) is 11.2. The second kappa shape index (κ2) is 11.8. The highest BCUT2D eigenvalue weighted by molar-refractivity contribution is 8.00. The van der Waals surface area contributed by atoms with E-state index in [9.17, 15) is 9.59 Å². The van der Waals surface area contributed by atoms with E-state index < -0.39 is 6.04 Å². The monoisotopic (exact) mass is 426 g/mol. The Bertz CT molecular complexity index is 816. The number of hydrogen-bond donors (Lipinski definition) is 1. The number of nitrogens with zero attached hydrogens (tertiary/aromatic N) is 1. The van der Waals surface area contributed by atoms with Crippen molar-refractivity contribution in [1.82, 2.24) is 10.2 Å². The SMILES string of the molecule is CC[C@@H](C(=O)NCC(C)C)N(Cc1ccc(C)cc1)C(=O)CSc1ccc(C)cc1. The third kappa shape index (κ3) is 7.52. The molecule has 30 heavy (non-hydrogen) atoms. The van der Waals surface area contributed by atoms with Crippen LogP contribution >= 0.6 is 11.8 Å². The summed E-state index contributed by atoms with van der Waals surface area (Å²) in [5.41, 5.74) is 3.40. The number of benzene rings is 2. The normalized spacial score (nSPS) is 11.9. The molecule has 1 atom stereocenters. The minimum atomic E-state index is -0.476. The van der Waals surface area contributed by atoms with Crippen LogP contribution in [0.15, 0.2) is 53.4 Å². The molecule has 2 aromatic rings. The van der Waals surface area contributed by atoms with E-state index in [0.29, 0.717) is 31.2 Å². The van der Waals surface area contributed by atoms with Crippen LogP contribution in [0.1, 0.15) is 43.9 Å². The molecule has 2 amide bonds. The first-order chi connectivity index (χ1) is 14.3. The molecule has 5 heteroatoms. The number of rotatable bonds is 10. The molecule has 0 unspecified atom stereocenters. The Kier molecular flexibility index (Phi) is 9.44. The van der Waals surface area contributed by atoms with Crippen molar-refractivity contribution in [1.29, 1.82) is 0 Å². The van der Waals surface area contributed by atoms with Crippen LogP contribution in [0.3, 0.4) is 0 Å². The third-order valence-corrected chi connectivity index (χ3v) is 5.92. The van der Waals surface area contributed by atoms with Crippen LogP contribution in [-0.2, 0) is 16.1 Å². The van der Waals surface area contributed by atoms with Gasteiger partial charge in [-0.15, -0.1) is 11.8 Å². The lowest BCUT2D eigenvalue weighted by Gasteiger charge is -2.31. The molecule has 1 N–H and O–H groups in total. The van der Waals surface area contributed by atoms with Crippen LogP contribution in [0, 0.1) is 19.8 Å². The van der Waals surface area contributed by atoms with Crippen LogP contribution in [0.2, 0.25) is 0 Å². The van der Waals surface area contributed by atoms with Gasteiger partial charge < -0.3 is 10.2 Å². The molecule has 0 saturated carbocycles. The summed E-state index contributed by atoms with van der Waals surface area (Å²) >= 11 is 1.51. The molecule has 2 rings (SSSR count). The zero-order valence-electron chi connectivity index (χ0n) is 18.8. The molecule has 0 aliphatic rings. The summed E-state index contributed by atoms with van der Waals surface area (Å²) in [6, 6.07) is 15.8. The predicted molar refractivity (Wildman–Crippen MR) is 126 cm³/mol. The molecule has 2 aromatic carbocycles. The summed E-state index contributed by atoms with van der Waals surface area (Å²) in [4.78, 5) is 28.9. The topological polar surface area (TPSA) is 49.4 Å². The van der Waals surface area contributed by atoms with Crippen molar-refractivity contribution in [2.45, 2.75) is 58.5 Å². The largest absolute Gasteiger partial charge is 0.354 e. The van der Waals surface area contributed by atoms with E-state index in [4.69, 9.17) is 0 Å². The van der Waals surface area contributed by atoms with Crippen molar-refractivity contribution in [3.8, 4) is 0 Å². The van der Waals surface area contributed by atoms with Crippen LogP contribution < -0.4 is 5.32 Å². The highest BCUT2D eigenvalue weighted by Gasteiger charge is 2.28. The van der Waals surface area contributed by atoms with E-state index >= 15 is 0 Å². The van der Waals surface area contributed by atoms with E-state index in [1.165, 1.54) is 22.9 Å². The highest BCUT2D eigenvalue weighted by atomic mass is 32.2. The first-order valence-electron chi connectivity index (χ1n) is 10.6. The van der Waals surface area contributed by atoms with Gasteiger partial charge in [0.25, 0.3) is 0 Å². The zero-order chi connectivity index (χ0) is 22.1. The van der Waals surface area contributed by atoms with Gasteiger partial charge in [-0.05, 0) is 43.9 Å². The molecule has 0 aliphatic carbocycles. The van der Waals surface area contributed by atoms with E-state index in [-0.39, 0.29) is 11.8 Å². The van der Waals surface area contributed by atoms with Crippen molar-refractivity contribution < 1.29 is 9.59 Å². The van der Waals surface area contributed by atoms with Crippen LogP contribution in [-0.4, -0.2) is 35.1 Å². The summed E-state index contributed by atoms with van der Waals surface area (Å²) in [7, 11) is 0. The Labute approximate surface area is 185 Å². The van der Waals surface area contributed by atoms with Crippen molar-refractivity contribution >= 4 is 23.6 Å². The first-order valence-corrected chi connectivity index (χ1v) is 11.6. The Balaban J connectivity index is 2.17. The molecule has 0 fully saturated rings. The number of carbonyl (C=O) groups excluding carboxylic acids is 2. The molecular weight excluding hydrogens is 392 g/mol. The van der Waals surface area contributed by atoms with E-state index in [2.05, 4.69) is 19.2 Å². The fraction of sp³-hybridized carbons (Fsp3) is 0.440. The van der Waals surface area contributed by atoms with E-state index in [1.54, 1.807) is 4.90 Å². The zero-order valence-corrected chi connectivity index (χ0v) is 19.6. The molecule has 0 heterocycles. The number of nitrogens with one attached hydrogen (secondary N) is 1. The fourth-order valence-corrected chi connectivity index (χ4v) is 3.88. The van der Waals surface area contributed by atoms with Crippen LogP contribution in [0.25, 0.3) is 0 Å². The molecule has 0 aromatic heterocycles. The second-order valence-corrected chi connectivity index (χ2v) is 9.22. The minimum absolute atomic E-state index is 0.0207. The number of amides is 2. The molecule has 0 aliphatic heterocycles. The van der Waals surface area contributed by atoms with Gasteiger partial charge in [-0.3, -0.25) is 9.59 Å². The predicted octanol–water partition coefficient (Wildman–Crippen LogP) is 4.98. The second-order valence-electron chi connectivity index (χ2n) is 8.17. The molecular formula is C25H34N2O2S. The smallest absolute Gasteiger partial charge is 0.242 e. The molecule has 0 spiro atoms. The number of thioether (sulfide) groups is 1. The van der Waals surface area contributed by atoms with Gasteiger partial charge >= 0.3 is 0 Å². The maximum atomic E-state index is 13.2. The van der Waals surface area contributed by atoms with Crippen molar-refractivity contribution in [2.75, 3.05) is 12.3 Å². The Hall–Kier alpha value is -2.27. The molecule has 0 saturated heterocycles. The van der Waals surface area contributed by atoms with Gasteiger partial charge in [0.15, 0.2) is 0 Å². The Morgan fingerprint density at radius 2 is 1.53 bits per heavy atom. The van der Waals surface area contributed by atoms with Gasteiger partial charge in [0.05, 0.1) is 5.75 Å². The van der Waals surface area contributed by atoms with Crippen LogP contribution in [0.4, 0.5) is 0 Å². The lowest BCUT2D eigenvalue weighted by Crippen LogP contribution is -2.50. The minimum Gasteiger partial charge on any atom is -0.354 e. The lowest BCUT2D eigenvalue weighted by atomic mass is 10.1. The third-order valence-electron chi connectivity index (χ3n) is 4.93. The molecule has 0 radical (unpaired) electrons. The summed E-state index contributed by atoms with van der Waals surface area (Å²) in [5, 5.41) is 3.00. The van der Waals surface area contributed by atoms with E-state index in [0.717, 1.165) is 10.5 Å². The van der Waals surface area contributed by atoms with Gasteiger partial charge in [-0.1, -0.05) is 68.3 Å². The lowest BCUT2D eigenvalue weighted by molar-refractivity contribution is -0.139. The van der Waals surface area contributed by atoms with Crippen molar-refractivity contribution in [3.63, 3.8) is 0 Å². The molecule has 0 bridgehead atoms. The van der Waals surface area contributed by atoms with Crippen molar-refractivity contribution in [2.24, 2.45) is 5.92 Å². The standard InChI is InChI=1S/C25H34N2O2S/c1-6-23(25(29)26-15-18(2)3)27(16-21-11-7-19(4)8-12-21)24(28)17-30-22-13-9-20(5)10-14-22/h7-14,18,23H,6,15-17H2,1-5H3,(H,26,29)/t23-/m0/s1. The van der Waals surface area contributed by atoms with Gasteiger partial charge in [0.2, 0.25) is 11.8 Å². The molecule has 162 valence electrons. The average molecular weight is 427 g/mol. The average Bonchev–Trinajstić information content (AvgIpc) is 2.72. The highest BCUT2D eigenvalue weighted by Crippen LogP contribution is 2.21. The van der Waals surface area contributed by atoms with Crippen molar-refractivity contribution in [3.05, 3.63) is 65.2 Å². The van der Waals surface area contributed by atoms with Gasteiger partial charge in [-0.2, -0.15) is 0 Å². The summed E-state index contributed by atoms with van der Waals surface area (Å²) < 4.78 is 0. The quantitative estimate of drug-likeness (QED) is 0.546. The summed E-state index contributed by atoms with van der Waals surface area (Å²) in [5.74, 6) is 0.576. The fourth-order valence-electron chi connectivity index (χ4n) is 3.09. The molecule has 4 nitrogen and oxygen atoms in total. The maximum absolute atomic E-state index is 13.2. The van der Waals surface area contributed by atoms with Gasteiger partial charge in [0, 0.05) is 18.0 Å². The Morgan fingerprint density at radius 3 is 2.07 bits per heavy atom. The van der Waals surface area contributed by atoms with Gasteiger partial charge in [0.1, 0.15) is 6.04 Å². The van der Waals surface area contributed by atoms with E-state index in [1.807, 2.05) is 69.3 Å². The maximum Gasteiger partial charge on any atom is 0.242 e. The number of carbonyl (C=O) groups is 2. The summed E-state index contributed by atoms with van der Waals surface area (Å²) in [6.07, 6.45) is 0.580.